The van der Waals surface area contributed by atoms with E-state index in [0.29, 0.717) is 6.54 Å². The number of likely N-dealkylation sites (N-methyl/N-ethyl adjacent to an activating group) is 1. The molecule has 0 spiro atoms. The monoisotopic (exact) mass is 185 g/mol. The molecule has 0 aromatic carbocycles. The molecule has 1 amide bonds. The number of rotatable bonds is 4. The van der Waals surface area contributed by atoms with E-state index in [1.54, 1.807) is 4.90 Å². The van der Waals surface area contributed by atoms with Crippen LogP contribution in [0.3, 0.4) is 0 Å². The lowest BCUT2D eigenvalue weighted by Crippen LogP contribution is -2.35. The van der Waals surface area contributed by atoms with E-state index in [0.717, 1.165) is 12.2 Å². The fourth-order valence-corrected chi connectivity index (χ4v) is 1.01. The molecule has 0 heterocycles. The van der Waals surface area contributed by atoms with Crippen molar-refractivity contribution < 1.29 is 14.7 Å². The van der Waals surface area contributed by atoms with Crippen molar-refractivity contribution in [1.82, 2.24) is 4.90 Å². The van der Waals surface area contributed by atoms with Crippen LogP contribution in [-0.4, -0.2) is 34.5 Å². The highest BCUT2D eigenvalue weighted by molar-refractivity contribution is 5.94. The molecule has 0 saturated carbocycles. The van der Waals surface area contributed by atoms with Crippen LogP contribution in [0.2, 0.25) is 0 Å². The highest BCUT2D eigenvalue weighted by Gasteiger charge is 2.11. The van der Waals surface area contributed by atoms with Gasteiger partial charge < -0.3 is 10.0 Å². The van der Waals surface area contributed by atoms with Gasteiger partial charge in [-0.25, -0.2) is 4.79 Å². The first kappa shape index (κ1) is 11.7. The third-order valence-corrected chi connectivity index (χ3v) is 1.62. The minimum absolute atomic E-state index is 0.0935. The van der Waals surface area contributed by atoms with Crippen LogP contribution >= 0.6 is 0 Å². The van der Waals surface area contributed by atoms with E-state index in [4.69, 9.17) is 5.11 Å². The van der Waals surface area contributed by atoms with Crippen molar-refractivity contribution in [2.45, 2.75) is 26.8 Å². The van der Waals surface area contributed by atoms with E-state index >= 15 is 0 Å². The molecule has 13 heavy (non-hydrogen) atoms. The molecule has 74 valence electrons. The topological polar surface area (TPSA) is 57.6 Å². The summed E-state index contributed by atoms with van der Waals surface area (Å²) in [5.74, 6) is -1.37. The average Bonchev–Trinajstić information content (AvgIpc) is 2.01. The van der Waals surface area contributed by atoms with E-state index in [9.17, 15) is 9.59 Å². The lowest BCUT2D eigenvalue weighted by atomic mass is 10.3. The van der Waals surface area contributed by atoms with Crippen molar-refractivity contribution >= 4 is 11.9 Å². The van der Waals surface area contributed by atoms with Crippen LogP contribution in [0.4, 0.5) is 0 Å². The molecule has 0 bridgehead atoms. The largest absolute Gasteiger partial charge is 0.478 e. The lowest BCUT2D eigenvalue weighted by molar-refractivity contribution is -0.132. The molecule has 0 radical (unpaired) electrons. The Hall–Kier alpha value is -1.32. The van der Waals surface area contributed by atoms with Gasteiger partial charge in [-0.1, -0.05) is 0 Å². The number of amides is 1. The quantitative estimate of drug-likeness (QED) is 0.661. The summed E-state index contributed by atoms with van der Waals surface area (Å²) in [7, 11) is 0. The zero-order valence-electron chi connectivity index (χ0n) is 8.15. The summed E-state index contributed by atoms with van der Waals surface area (Å²) in [5, 5.41) is 8.30. The third kappa shape index (κ3) is 4.30. The zero-order valence-corrected chi connectivity index (χ0v) is 8.15. The van der Waals surface area contributed by atoms with Crippen LogP contribution in [0, 0.1) is 0 Å². The van der Waals surface area contributed by atoms with Crippen LogP contribution in [0.15, 0.2) is 12.2 Å². The molecule has 4 nitrogen and oxygen atoms in total. The number of hydrogen-bond acceptors (Lipinski definition) is 2. The van der Waals surface area contributed by atoms with Crippen molar-refractivity contribution in [1.29, 1.82) is 0 Å². The molecule has 0 atom stereocenters. The summed E-state index contributed by atoms with van der Waals surface area (Å²) in [4.78, 5) is 23.0. The van der Waals surface area contributed by atoms with Gasteiger partial charge in [-0.2, -0.15) is 0 Å². The number of aliphatic carboxylic acids is 1. The third-order valence-electron chi connectivity index (χ3n) is 1.62. The molecule has 0 aliphatic carbocycles. The minimum Gasteiger partial charge on any atom is -0.478 e. The van der Waals surface area contributed by atoms with Crippen molar-refractivity contribution in [2.75, 3.05) is 6.54 Å². The molecule has 0 aromatic heterocycles. The Balaban J connectivity index is 4.30. The molecule has 0 aliphatic rings. The SMILES string of the molecule is CCN(C(=O)/C=C/C(=O)O)C(C)C. The van der Waals surface area contributed by atoms with E-state index in [2.05, 4.69) is 0 Å². The van der Waals surface area contributed by atoms with E-state index in [-0.39, 0.29) is 11.9 Å². The number of carbonyl (C=O) groups excluding carboxylic acids is 1. The van der Waals surface area contributed by atoms with Gasteiger partial charge in [0.15, 0.2) is 0 Å². The molecular weight excluding hydrogens is 170 g/mol. The van der Waals surface area contributed by atoms with Gasteiger partial charge in [-0.05, 0) is 20.8 Å². The first-order valence-electron chi connectivity index (χ1n) is 4.20. The molecule has 0 saturated heterocycles. The van der Waals surface area contributed by atoms with Crippen LogP contribution in [-0.2, 0) is 9.59 Å². The van der Waals surface area contributed by atoms with Crippen LogP contribution in [0.1, 0.15) is 20.8 Å². The van der Waals surface area contributed by atoms with Gasteiger partial charge in [0, 0.05) is 24.7 Å². The average molecular weight is 185 g/mol. The normalized spacial score (nSPS) is 10.8. The highest BCUT2D eigenvalue weighted by Crippen LogP contribution is 1.98. The van der Waals surface area contributed by atoms with E-state index in [1.807, 2.05) is 20.8 Å². The van der Waals surface area contributed by atoms with E-state index < -0.39 is 5.97 Å². The Bertz CT molecular complexity index is 221. The molecular formula is C9H15NO3. The van der Waals surface area contributed by atoms with Crippen LogP contribution in [0.25, 0.3) is 0 Å². The molecule has 0 aliphatic heterocycles. The van der Waals surface area contributed by atoms with Crippen molar-refractivity contribution in [2.24, 2.45) is 0 Å². The lowest BCUT2D eigenvalue weighted by Gasteiger charge is -2.23. The maximum Gasteiger partial charge on any atom is 0.328 e. The molecule has 0 fully saturated rings. The zero-order chi connectivity index (χ0) is 10.4. The summed E-state index contributed by atoms with van der Waals surface area (Å²) >= 11 is 0. The smallest absolute Gasteiger partial charge is 0.328 e. The predicted octanol–water partition coefficient (Wildman–Crippen LogP) is 0.884. The molecule has 0 unspecified atom stereocenters. The van der Waals surface area contributed by atoms with Gasteiger partial charge in [0.05, 0.1) is 0 Å². The molecule has 4 heteroatoms. The Morgan fingerprint density at radius 3 is 2.23 bits per heavy atom. The number of hydrogen-bond donors (Lipinski definition) is 1. The summed E-state index contributed by atoms with van der Waals surface area (Å²) in [6, 6.07) is 0.0935. The Labute approximate surface area is 77.8 Å². The van der Waals surface area contributed by atoms with Gasteiger partial charge in [-0.3, -0.25) is 4.79 Å². The Kier molecular flexibility index (Phi) is 4.80. The summed E-state index contributed by atoms with van der Waals surface area (Å²) in [6.45, 7) is 6.21. The maximum absolute atomic E-state index is 11.3. The van der Waals surface area contributed by atoms with Crippen molar-refractivity contribution in [3.05, 3.63) is 12.2 Å². The number of carbonyl (C=O) groups is 2. The number of carboxylic acids is 1. The second kappa shape index (κ2) is 5.35. The molecule has 0 rings (SSSR count). The second-order valence-electron chi connectivity index (χ2n) is 2.89. The summed E-state index contributed by atoms with van der Waals surface area (Å²) < 4.78 is 0. The molecule has 0 aromatic rings. The van der Waals surface area contributed by atoms with Crippen molar-refractivity contribution in [3.8, 4) is 0 Å². The first-order chi connectivity index (χ1) is 5.99. The Morgan fingerprint density at radius 2 is 1.92 bits per heavy atom. The fraction of sp³-hybridized carbons (Fsp3) is 0.556. The van der Waals surface area contributed by atoms with Gasteiger partial charge in [0.25, 0.3) is 0 Å². The molecule has 1 N–H and O–H groups in total. The standard InChI is InChI=1S/C9H15NO3/c1-4-10(7(2)3)8(11)5-6-9(12)13/h5-7H,4H2,1-3H3,(H,12,13)/b6-5+. The second-order valence-corrected chi connectivity index (χ2v) is 2.89. The number of nitrogens with zero attached hydrogens (tertiary/aromatic N) is 1. The van der Waals surface area contributed by atoms with Crippen molar-refractivity contribution in [3.63, 3.8) is 0 Å². The van der Waals surface area contributed by atoms with Crippen LogP contribution < -0.4 is 0 Å². The van der Waals surface area contributed by atoms with Gasteiger partial charge in [0.2, 0.25) is 5.91 Å². The summed E-state index contributed by atoms with van der Waals surface area (Å²) in [5.41, 5.74) is 0. The van der Waals surface area contributed by atoms with E-state index in [1.165, 1.54) is 0 Å². The van der Waals surface area contributed by atoms with Gasteiger partial charge in [-0.15, -0.1) is 0 Å². The highest BCUT2D eigenvalue weighted by atomic mass is 16.4. The summed E-state index contributed by atoms with van der Waals surface area (Å²) in [6.07, 6.45) is 1.93. The predicted molar refractivity (Wildman–Crippen MR) is 49.3 cm³/mol. The van der Waals surface area contributed by atoms with Crippen LogP contribution in [0.5, 0.6) is 0 Å². The van der Waals surface area contributed by atoms with Gasteiger partial charge in [0.1, 0.15) is 0 Å². The number of carboxylic acid groups (broad SMARTS) is 1. The fourth-order valence-electron chi connectivity index (χ4n) is 1.01. The van der Waals surface area contributed by atoms with Gasteiger partial charge >= 0.3 is 5.97 Å². The first-order valence-corrected chi connectivity index (χ1v) is 4.20. The Morgan fingerprint density at radius 1 is 1.38 bits per heavy atom. The maximum atomic E-state index is 11.3. The minimum atomic E-state index is -1.10.